The zero-order chi connectivity index (χ0) is 23.8. The SMILES string of the molecule is CCCCCCCCC(CCCC)C(CCCCCCCC)(CCCCCCCC)[O][Sn]. The molecule has 0 aromatic carbocycles. The summed E-state index contributed by atoms with van der Waals surface area (Å²) < 4.78 is 6.64. The molecule has 0 N–H and O–H groups in total. The molecule has 0 aliphatic carbocycles. The van der Waals surface area contributed by atoms with Crippen molar-refractivity contribution in [1.82, 2.24) is 0 Å². The monoisotopic (exact) mass is 557 g/mol. The second-order valence-electron chi connectivity index (χ2n) is 10.6. The van der Waals surface area contributed by atoms with Crippen LogP contribution < -0.4 is 0 Å². The molecule has 0 saturated carbocycles. The minimum absolute atomic E-state index is 0.187. The van der Waals surface area contributed by atoms with Crippen molar-refractivity contribution in [3.05, 3.63) is 0 Å². The molecule has 0 aliphatic rings. The van der Waals surface area contributed by atoms with Gasteiger partial charge in [-0.15, -0.1) is 0 Å². The maximum atomic E-state index is 6.64. The van der Waals surface area contributed by atoms with E-state index in [2.05, 4.69) is 27.7 Å². The van der Waals surface area contributed by atoms with Crippen LogP contribution >= 0.6 is 0 Å². The first-order valence-electron chi connectivity index (χ1n) is 15.0. The van der Waals surface area contributed by atoms with Crippen molar-refractivity contribution in [3.8, 4) is 0 Å². The molecule has 0 aromatic rings. The van der Waals surface area contributed by atoms with Gasteiger partial charge >= 0.3 is 219 Å². The molecule has 0 rings (SSSR count). The minimum atomic E-state index is 0.187. The average molecular weight is 557 g/mol. The Bertz CT molecular complexity index is 341. The van der Waals surface area contributed by atoms with Gasteiger partial charge in [-0.05, 0) is 0 Å². The van der Waals surface area contributed by atoms with Gasteiger partial charge in [0.25, 0.3) is 0 Å². The summed E-state index contributed by atoms with van der Waals surface area (Å²) >= 11 is 1.31. The molecule has 0 aliphatic heterocycles. The summed E-state index contributed by atoms with van der Waals surface area (Å²) in [6, 6.07) is 0. The van der Waals surface area contributed by atoms with Gasteiger partial charge in [-0.25, -0.2) is 0 Å². The third-order valence-corrected chi connectivity index (χ3v) is 8.83. The molecule has 3 radical (unpaired) electrons. The number of rotatable bonds is 26. The molecule has 32 heavy (non-hydrogen) atoms. The van der Waals surface area contributed by atoms with Crippen LogP contribution in [0.4, 0.5) is 0 Å². The van der Waals surface area contributed by atoms with E-state index in [1.54, 1.807) is 0 Å². The third-order valence-electron chi connectivity index (χ3n) is 7.67. The van der Waals surface area contributed by atoms with Crippen LogP contribution in [-0.2, 0) is 3.07 Å². The number of hydrogen-bond acceptors (Lipinski definition) is 1. The fourth-order valence-electron chi connectivity index (χ4n) is 5.42. The van der Waals surface area contributed by atoms with E-state index < -0.39 is 0 Å². The number of unbranched alkanes of at least 4 members (excludes halogenated alkanes) is 16. The Balaban J connectivity index is 4.92. The fourth-order valence-corrected chi connectivity index (χ4v) is 6.48. The van der Waals surface area contributed by atoms with Crippen LogP contribution in [0.2, 0.25) is 0 Å². The zero-order valence-corrected chi connectivity index (χ0v) is 25.8. The van der Waals surface area contributed by atoms with Crippen molar-refractivity contribution in [2.24, 2.45) is 5.92 Å². The van der Waals surface area contributed by atoms with Crippen LogP contribution in [0, 0.1) is 5.92 Å². The molecule has 0 fully saturated rings. The molecule has 2 heteroatoms. The van der Waals surface area contributed by atoms with Crippen molar-refractivity contribution in [1.29, 1.82) is 0 Å². The van der Waals surface area contributed by atoms with Crippen LogP contribution in [0.25, 0.3) is 0 Å². The van der Waals surface area contributed by atoms with Crippen LogP contribution in [0.3, 0.4) is 0 Å². The molecular formula is C30H61OSn. The van der Waals surface area contributed by atoms with Gasteiger partial charge in [0.05, 0.1) is 0 Å². The molecule has 0 spiro atoms. The van der Waals surface area contributed by atoms with E-state index in [9.17, 15) is 0 Å². The van der Waals surface area contributed by atoms with Crippen molar-refractivity contribution in [2.45, 2.75) is 187 Å². The summed E-state index contributed by atoms with van der Waals surface area (Å²) in [5.41, 5.74) is 0.187. The Morgan fingerprint density at radius 3 is 1.22 bits per heavy atom. The first kappa shape index (κ1) is 32.8. The molecular weight excluding hydrogens is 495 g/mol. The predicted octanol–water partition coefficient (Wildman–Crippen LogP) is 10.9. The van der Waals surface area contributed by atoms with Gasteiger partial charge in [-0.2, -0.15) is 0 Å². The first-order valence-corrected chi connectivity index (χ1v) is 16.2. The standard InChI is InChI=1S/C30H61O.Sn/c1-5-9-13-16-19-22-26-29(25-12-8-4)30(31,27-23-20-17-14-10-6-2)28-24-21-18-15-11-7-3;/h29H,5-28H2,1-4H3;/q-1;+1. The topological polar surface area (TPSA) is 9.23 Å². The Kier molecular flexibility index (Phi) is 25.5. The van der Waals surface area contributed by atoms with Gasteiger partial charge < -0.3 is 0 Å². The van der Waals surface area contributed by atoms with E-state index in [-0.39, 0.29) is 5.60 Å². The average Bonchev–Trinajstić information content (AvgIpc) is 2.81. The normalized spacial score (nSPS) is 13.0. The molecule has 0 heterocycles. The third kappa shape index (κ3) is 17.2. The molecule has 0 amide bonds. The van der Waals surface area contributed by atoms with Crippen LogP contribution in [0.1, 0.15) is 182 Å². The van der Waals surface area contributed by atoms with Gasteiger partial charge in [0.15, 0.2) is 0 Å². The Morgan fingerprint density at radius 1 is 0.469 bits per heavy atom. The van der Waals surface area contributed by atoms with Crippen LogP contribution in [0.15, 0.2) is 0 Å². The van der Waals surface area contributed by atoms with Gasteiger partial charge in [0, 0.05) is 0 Å². The second-order valence-corrected chi connectivity index (χ2v) is 11.2. The summed E-state index contributed by atoms with van der Waals surface area (Å²) in [5.74, 6) is 0.791. The van der Waals surface area contributed by atoms with E-state index >= 15 is 0 Å². The Labute approximate surface area is 218 Å². The summed E-state index contributed by atoms with van der Waals surface area (Å²) in [7, 11) is 0. The molecule has 0 aromatic heterocycles. The van der Waals surface area contributed by atoms with E-state index in [4.69, 9.17) is 3.07 Å². The Morgan fingerprint density at radius 2 is 0.812 bits per heavy atom. The Hall–Kier alpha value is 0.759. The molecule has 1 nitrogen and oxygen atoms in total. The van der Waals surface area contributed by atoms with Gasteiger partial charge in [-0.3, -0.25) is 0 Å². The molecule has 191 valence electrons. The molecule has 1 unspecified atom stereocenters. The van der Waals surface area contributed by atoms with Crippen molar-refractivity contribution >= 4 is 22.9 Å². The predicted molar refractivity (Wildman–Crippen MR) is 147 cm³/mol. The summed E-state index contributed by atoms with van der Waals surface area (Å²) in [4.78, 5) is 0. The van der Waals surface area contributed by atoms with E-state index in [1.165, 1.54) is 177 Å². The van der Waals surface area contributed by atoms with Crippen molar-refractivity contribution < 1.29 is 3.07 Å². The maximum absolute atomic E-state index is 6.64. The van der Waals surface area contributed by atoms with E-state index in [1.807, 2.05) is 0 Å². The van der Waals surface area contributed by atoms with Crippen molar-refractivity contribution in [2.75, 3.05) is 0 Å². The first-order chi connectivity index (χ1) is 15.7. The molecule has 0 saturated heterocycles. The van der Waals surface area contributed by atoms with Gasteiger partial charge in [0.2, 0.25) is 0 Å². The van der Waals surface area contributed by atoms with E-state index in [0.29, 0.717) is 0 Å². The summed E-state index contributed by atoms with van der Waals surface area (Å²) in [6.07, 6.45) is 33.5. The zero-order valence-electron chi connectivity index (χ0n) is 23.0. The summed E-state index contributed by atoms with van der Waals surface area (Å²) in [6.45, 7) is 9.32. The number of hydrogen-bond donors (Lipinski definition) is 0. The van der Waals surface area contributed by atoms with Crippen LogP contribution in [0.5, 0.6) is 0 Å². The fraction of sp³-hybridized carbons (Fsp3) is 1.00. The van der Waals surface area contributed by atoms with Crippen molar-refractivity contribution in [3.63, 3.8) is 0 Å². The van der Waals surface area contributed by atoms with E-state index in [0.717, 1.165) is 5.92 Å². The quantitative estimate of drug-likeness (QED) is 0.0761. The second kappa shape index (κ2) is 24.9. The summed E-state index contributed by atoms with van der Waals surface area (Å²) in [5, 5.41) is 0. The van der Waals surface area contributed by atoms with Gasteiger partial charge in [-0.1, -0.05) is 0 Å². The molecule has 0 bridgehead atoms. The molecule has 1 atom stereocenters. The van der Waals surface area contributed by atoms with Crippen LogP contribution in [-0.4, -0.2) is 28.5 Å². The van der Waals surface area contributed by atoms with Gasteiger partial charge in [0.1, 0.15) is 0 Å².